The number of carbonyl (C=O) groups is 1. The van der Waals surface area contributed by atoms with Crippen molar-refractivity contribution in [1.29, 1.82) is 0 Å². The van der Waals surface area contributed by atoms with Crippen LogP contribution >= 0.6 is 11.6 Å². The van der Waals surface area contributed by atoms with Gasteiger partial charge in [-0.2, -0.15) is 18.3 Å². The van der Waals surface area contributed by atoms with Gasteiger partial charge < -0.3 is 5.32 Å². The van der Waals surface area contributed by atoms with Crippen LogP contribution in [0.5, 0.6) is 0 Å². The third-order valence-electron chi connectivity index (χ3n) is 4.29. The van der Waals surface area contributed by atoms with Crippen LogP contribution in [0.3, 0.4) is 0 Å². The molecule has 0 radical (unpaired) electrons. The van der Waals surface area contributed by atoms with Gasteiger partial charge in [0, 0.05) is 11.6 Å². The number of nitrogens with two attached hydrogens (primary N) is 1. The van der Waals surface area contributed by atoms with Crippen molar-refractivity contribution in [3.05, 3.63) is 76.6 Å². The molecule has 31 heavy (non-hydrogen) atoms. The molecule has 12 heteroatoms. The monoisotopic (exact) mass is 472 g/mol. The topological polar surface area (TPSA) is 107 Å². The Morgan fingerprint density at radius 3 is 2.42 bits per heavy atom. The van der Waals surface area contributed by atoms with E-state index in [0.29, 0.717) is 10.2 Å². The van der Waals surface area contributed by atoms with Gasteiger partial charge in [0.1, 0.15) is 0 Å². The van der Waals surface area contributed by atoms with E-state index < -0.39 is 33.4 Å². The third kappa shape index (κ3) is 5.43. The zero-order chi connectivity index (χ0) is 22.8. The van der Waals surface area contributed by atoms with Crippen molar-refractivity contribution in [2.24, 2.45) is 5.14 Å². The summed E-state index contributed by atoms with van der Waals surface area (Å²) in [7, 11) is -3.83. The van der Waals surface area contributed by atoms with Crippen molar-refractivity contribution in [3.8, 4) is 5.69 Å². The van der Waals surface area contributed by atoms with Crippen molar-refractivity contribution in [3.63, 3.8) is 0 Å². The van der Waals surface area contributed by atoms with E-state index in [1.165, 1.54) is 48.5 Å². The molecule has 0 fully saturated rings. The summed E-state index contributed by atoms with van der Waals surface area (Å²) >= 11 is 5.85. The van der Waals surface area contributed by atoms with Crippen molar-refractivity contribution in [2.75, 3.05) is 6.54 Å². The van der Waals surface area contributed by atoms with Gasteiger partial charge in [-0.25, -0.2) is 18.2 Å². The fourth-order valence-electron chi connectivity index (χ4n) is 2.85. The van der Waals surface area contributed by atoms with Crippen molar-refractivity contribution in [2.45, 2.75) is 17.5 Å². The second kappa shape index (κ2) is 8.69. The summed E-state index contributed by atoms with van der Waals surface area (Å²) in [4.78, 5) is 12.3. The minimum Gasteiger partial charge on any atom is -0.352 e. The molecule has 2 aromatic carbocycles. The second-order valence-electron chi connectivity index (χ2n) is 6.49. The molecule has 0 bridgehead atoms. The van der Waals surface area contributed by atoms with E-state index in [4.69, 9.17) is 16.7 Å². The molecule has 1 heterocycles. The van der Waals surface area contributed by atoms with Gasteiger partial charge >= 0.3 is 6.18 Å². The molecule has 3 N–H and O–H groups in total. The summed E-state index contributed by atoms with van der Waals surface area (Å²) in [6.45, 7) is 0.0210. The van der Waals surface area contributed by atoms with E-state index in [9.17, 15) is 26.4 Å². The van der Waals surface area contributed by atoms with Crippen LogP contribution in [0.1, 0.15) is 21.6 Å². The fraction of sp³-hybridized carbons (Fsp3) is 0.158. The Hall–Kier alpha value is -2.89. The first-order chi connectivity index (χ1) is 14.5. The van der Waals surface area contributed by atoms with Gasteiger partial charge in [0.05, 0.1) is 22.3 Å². The lowest BCUT2D eigenvalue weighted by molar-refractivity contribution is -0.143. The Bertz CT molecular complexity index is 1210. The molecule has 3 rings (SSSR count). The molecule has 1 aromatic heterocycles. The van der Waals surface area contributed by atoms with E-state index >= 15 is 0 Å². The fourth-order valence-corrected chi connectivity index (χ4v) is 3.55. The zero-order valence-corrected chi connectivity index (χ0v) is 17.3. The lowest BCUT2D eigenvalue weighted by atomic mass is 10.1. The van der Waals surface area contributed by atoms with Crippen LogP contribution in [-0.4, -0.2) is 30.7 Å². The maximum Gasteiger partial charge on any atom is 0.434 e. The van der Waals surface area contributed by atoms with E-state index in [-0.39, 0.29) is 28.6 Å². The predicted octanol–water partition coefficient (Wildman–Crippen LogP) is 3.16. The van der Waals surface area contributed by atoms with Crippen LogP contribution in [0.2, 0.25) is 5.02 Å². The van der Waals surface area contributed by atoms with Gasteiger partial charge in [-0.15, -0.1) is 0 Å². The largest absolute Gasteiger partial charge is 0.434 e. The number of hydrogen-bond donors (Lipinski definition) is 2. The first-order valence-electron chi connectivity index (χ1n) is 8.78. The number of primary sulfonamides is 1. The highest BCUT2D eigenvalue weighted by Crippen LogP contribution is 2.34. The second-order valence-corrected chi connectivity index (χ2v) is 8.49. The number of alkyl halides is 3. The molecule has 0 spiro atoms. The molecular weight excluding hydrogens is 457 g/mol. The smallest absolute Gasteiger partial charge is 0.352 e. The van der Waals surface area contributed by atoms with E-state index in [1.54, 1.807) is 0 Å². The van der Waals surface area contributed by atoms with Crippen LogP contribution in [-0.2, 0) is 22.6 Å². The van der Waals surface area contributed by atoms with Crippen molar-refractivity contribution >= 4 is 27.5 Å². The zero-order valence-electron chi connectivity index (χ0n) is 15.7. The normalized spacial score (nSPS) is 12.0. The first kappa shape index (κ1) is 22.8. The Morgan fingerprint density at radius 2 is 1.84 bits per heavy atom. The van der Waals surface area contributed by atoms with E-state index in [1.807, 2.05) is 0 Å². The van der Waals surface area contributed by atoms with Gasteiger partial charge in [-0.1, -0.05) is 29.8 Å². The molecule has 0 saturated carbocycles. The molecule has 0 aliphatic heterocycles. The van der Waals surface area contributed by atoms with Gasteiger partial charge in [-0.05, 0) is 42.3 Å². The lowest BCUT2D eigenvalue weighted by Crippen LogP contribution is -2.28. The van der Waals surface area contributed by atoms with Gasteiger partial charge in [0.25, 0.3) is 5.91 Å². The first-order valence-corrected chi connectivity index (χ1v) is 10.7. The number of hydrogen-bond acceptors (Lipinski definition) is 4. The Labute approximate surface area is 180 Å². The maximum absolute atomic E-state index is 13.7. The van der Waals surface area contributed by atoms with E-state index in [2.05, 4.69) is 10.4 Å². The standard InChI is InChI=1S/C19H16ClF3N4O3S/c20-13-2-1-3-14(10-13)27-17(19(21,22)23)16(11-26-27)18(28)25-9-8-12-4-6-15(7-5-12)31(24,29)30/h1-7,10-11H,8-9H2,(H,25,28)(H2,24,29,30). The van der Waals surface area contributed by atoms with Crippen molar-refractivity contribution < 1.29 is 26.4 Å². The molecule has 3 aromatic rings. The number of aromatic nitrogens is 2. The quantitative estimate of drug-likeness (QED) is 0.574. The summed E-state index contributed by atoms with van der Waals surface area (Å²) in [5, 5.41) is 11.4. The number of amides is 1. The van der Waals surface area contributed by atoms with Gasteiger partial charge in [0.15, 0.2) is 5.69 Å². The number of rotatable bonds is 6. The maximum atomic E-state index is 13.7. The molecule has 7 nitrogen and oxygen atoms in total. The molecule has 0 unspecified atom stereocenters. The highest BCUT2D eigenvalue weighted by atomic mass is 35.5. The Kier molecular flexibility index (Phi) is 6.39. The highest BCUT2D eigenvalue weighted by molar-refractivity contribution is 7.89. The average Bonchev–Trinajstić information content (AvgIpc) is 3.13. The number of sulfonamides is 1. The van der Waals surface area contributed by atoms with Crippen LogP contribution in [0.4, 0.5) is 13.2 Å². The number of nitrogens with one attached hydrogen (secondary N) is 1. The SMILES string of the molecule is NS(=O)(=O)c1ccc(CCNC(=O)c2cnn(-c3cccc(Cl)c3)c2C(F)(F)F)cc1. The van der Waals surface area contributed by atoms with E-state index in [0.717, 1.165) is 6.20 Å². The van der Waals surface area contributed by atoms with Crippen LogP contribution in [0, 0.1) is 0 Å². The van der Waals surface area contributed by atoms with Gasteiger partial charge in [-0.3, -0.25) is 4.79 Å². The molecule has 1 amide bonds. The number of halogens is 4. The summed E-state index contributed by atoms with van der Waals surface area (Å²) < 4.78 is 64.2. The molecule has 0 atom stereocenters. The number of nitrogens with zero attached hydrogens (tertiary/aromatic N) is 2. The molecule has 0 aliphatic carbocycles. The Morgan fingerprint density at radius 1 is 1.16 bits per heavy atom. The van der Waals surface area contributed by atoms with Gasteiger partial charge in [0.2, 0.25) is 10.0 Å². The van der Waals surface area contributed by atoms with Crippen LogP contribution in [0.15, 0.2) is 59.6 Å². The van der Waals surface area contributed by atoms with Crippen LogP contribution in [0.25, 0.3) is 5.69 Å². The predicted molar refractivity (Wildman–Crippen MR) is 107 cm³/mol. The molecule has 164 valence electrons. The van der Waals surface area contributed by atoms with Crippen LogP contribution < -0.4 is 10.5 Å². The molecule has 0 saturated heterocycles. The molecular formula is C19H16ClF3N4O3S. The minimum atomic E-state index is -4.84. The number of carbonyl (C=O) groups excluding carboxylic acids is 1. The Balaban J connectivity index is 1.76. The summed E-state index contributed by atoms with van der Waals surface area (Å²) in [5.41, 5.74) is -1.12. The highest BCUT2D eigenvalue weighted by Gasteiger charge is 2.40. The van der Waals surface area contributed by atoms with Crippen molar-refractivity contribution in [1.82, 2.24) is 15.1 Å². The summed E-state index contributed by atoms with van der Waals surface area (Å²) in [6.07, 6.45) is -3.73. The number of benzene rings is 2. The molecule has 0 aliphatic rings. The average molecular weight is 473 g/mol. The minimum absolute atomic E-state index is 0.0210. The lowest BCUT2D eigenvalue weighted by Gasteiger charge is -2.13. The third-order valence-corrected chi connectivity index (χ3v) is 5.45. The summed E-state index contributed by atoms with van der Waals surface area (Å²) in [6, 6.07) is 11.3. The summed E-state index contributed by atoms with van der Waals surface area (Å²) in [5.74, 6) is -0.943.